The quantitative estimate of drug-likeness (QED) is 0.191. The molecule has 0 spiro atoms. The molecule has 0 aliphatic carbocycles. The first-order valence-corrected chi connectivity index (χ1v) is 12.2. The summed E-state index contributed by atoms with van der Waals surface area (Å²) >= 11 is 8.66. The second-order valence-electron chi connectivity index (χ2n) is 7.76. The van der Waals surface area contributed by atoms with Crippen molar-refractivity contribution >= 4 is 56.5 Å². The first-order chi connectivity index (χ1) is 17.5. The van der Waals surface area contributed by atoms with Crippen LogP contribution in [-0.2, 0) is 11.3 Å². The zero-order valence-electron chi connectivity index (χ0n) is 18.8. The van der Waals surface area contributed by atoms with E-state index in [1.807, 2.05) is 66.7 Å². The SMILES string of the molecule is O=C(/C=C/c1ccc(-c2ccc(Br)cc2)o1)NC(=S)NCc1ccc(-c2nc3ncccc3o2)cc1. The number of aromatic nitrogens is 2. The maximum atomic E-state index is 12.2. The molecule has 5 rings (SSSR count). The number of fused-ring (bicyclic) bond motifs is 1. The summed E-state index contributed by atoms with van der Waals surface area (Å²) in [6.07, 6.45) is 4.65. The van der Waals surface area contributed by atoms with Crippen LogP contribution >= 0.6 is 28.1 Å². The lowest BCUT2D eigenvalue weighted by Gasteiger charge is -2.08. The highest BCUT2D eigenvalue weighted by atomic mass is 79.9. The van der Waals surface area contributed by atoms with Gasteiger partial charge in [-0.1, -0.05) is 40.2 Å². The van der Waals surface area contributed by atoms with Crippen molar-refractivity contribution < 1.29 is 13.6 Å². The molecule has 0 saturated carbocycles. The summed E-state index contributed by atoms with van der Waals surface area (Å²) in [6.45, 7) is 0.451. The van der Waals surface area contributed by atoms with Crippen molar-refractivity contribution in [3.63, 3.8) is 0 Å². The zero-order valence-corrected chi connectivity index (χ0v) is 21.2. The lowest BCUT2D eigenvalue weighted by Crippen LogP contribution is -2.37. The molecular formula is C27H19BrN4O3S. The van der Waals surface area contributed by atoms with E-state index in [1.165, 1.54) is 6.08 Å². The van der Waals surface area contributed by atoms with Crippen molar-refractivity contribution in [3.8, 4) is 22.8 Å². The van der Waals surface area contributed by atoms with Gasteiger partial charge in [0.05, 0.1) is 0 Å². The lowest BCUT2D eigenvalue weighted by atomic mass is 10.1. The molecular weight excluding hydrogens is 540 g/mol. The van der Waals surface area contributed by atoms with Gasteiger partial charge in [-0.3, -0.25) is 10.1 Å². The van der Waals surface area contributed by atoms with Crippen LogP contribution in [0, 0.1) is 0 Å². The average Bonchev–Trinajstić information content (AvgIpc) is 3.54. The molecule has 9 heteroatoms. The average molecular weight is 559 g/mol. The number of thiocarbonyl (C=S) groups is 1. The standard InChI is InChI=1S/C27H19BrN4O3S/c28-20-9-7-18(8-10-20)22-13-11-21(34-22)12-14-24(33)31-27(36)30-16-17-3-5-19(6-4-17)26-32-25-23(35-26)2-1-15-29-25/h1-15H,16H2,(H2,30,31,33,36)/b14-12+. The molecule has 5 aromatic rings. The number of furan rings is 1. The van der Waals surface area contributed by atoms with Gasteiger partial charge in [-0.15, -0.1) is 0 Å². The van der Waals surface area contributed by atoms with Crippen LogP contribution in [-0.4, -0.2) is 21.0 Å². The monoisotopic (exact) mass is 558 g/mol. The number of oxazole rings is 1. The van der Waals surface area contributed by atoms with Crippen LogP contribution in [0.5, 0.6) is 0 Å². The summed E-state index contributed by atoms with van der Waals surface area (Å²) < 4.78 is 12.5. The van der Waals surface area contributed by atoms with Gasteiger partial charge in [0.25, 0.3) is 0 Å². The Morgan fingerprint density at radius 1 is 0.972 bits per heavy atom. The number of carbonyl (C=O) groups excluding carboxylic acids is 1. The van der Waals surface area contributed by atoms with Crippen molar-refractivity contribution in [1.82, 2.24) is 20.6 Å². The molecule has 0 atom stereocenters. The van der Waals surface area contributed by atoms with Gasteiger partial charge in [0.2, 0.25) is 11.8 Å². The van der Waals surface area contributed by atoms with E-state index in [4.69, 9.17) is 21.1 Å². The number of carbonyl (C=O) groups is 1. The first kappa shape index (κ1) is 23.7. The van der Waals surface area contributed by atoms with Crippen LogP contribution in [0.25, 0.3) is 40.1 Å². The molecule has 0 saturated heterocycles. The Morgan fingerprint density at radius 3 is 2.53 bits per heavy atom. The minimum atomic E-state index is -0.353. The van der Waals surface area contributed by atoms with Gasteiger partial charge in [0.15, 0.2) is 16.3 Å². The summed E-state index contributed by atoms with van der Waals surface area (Å²) in [4.78, 5) is 20.8. The van der Waals surface area contributed by atoms with Gasteiger partial charge in [-0.2, -0.15) is 4.98 Å². The Kier molecular flexibility index (Phi) is 7.01. The van der Waals surface area contributed by atoms with Crippen molar-refractivity contribution in [2.24, 2.45) is 0 Å². The summed E-state index contributed by atoms with van der Waals surface area (Å²) in [5.74, 6) is 1.45. The van der Waals surface area contributed by atoms with Gasteiger partial charge in [0.1, 0.15) is 11.5 Å². The van der Waals surface area contributed by atoms with E-state index in [9.17, 15) is 4.79 Å². The third-order valence-electron chi connectivity index (χ3n) is 5.21. The van der Waals surface area contributed by atoms with Crippen molar-refractivity contribution in [2.75, 3.05) is 0 Å². The fourth-order valence-corrected chi connectivity index (χ4v) is 3.84. The molecule has 0 unspecified atom stereocenters. The van der Waals surface area contributed by atoms with Crippen LogP contribution in [0.15, 0.2) is 98.4 Å². The largest absolute Gasteiger partial charge is 0.457 e. The molecule has 1 amide bonds. The molecule has 0 fully saturated rings. The second kappa shape index (κ2) is 10.7. The van der Waals surface area contributed by atoms with Crippen LogP contribution in [0.4, 0.5) is 0 Å². The Morgan fingerprint density at radius 2 is 1.75 bits per heavy atom. The molecule has 7 nitrogen and oxygen atoms in total. The van der Waals surface area contributed by atoms with E-state index < -0.39 is 0 Å². The highest BCUT2D eigenvalue weighted by molar-refractivity contribution is 9.10. The van der Waals surface area contributed by atoms with Gasteiger partial charge in [-0.05, 0) is 72.4 Å². The van der Waals surface area contributed by atoms with Gasteiger partial charge >= 0.3 is 0 Å². The molecule has 2 N–H and O–H groups in total. The minimum absolute atomic E-state index is 0.230. The van der Waals surface area contributed by atoms with Gasteiger partial charge < -0.3 is 14.2 Å². The Hall–Kier alpha value is -4.08. The fraction of sp³-hybridized carbons (Fsp3) is 0.0370. The second-order valence-corrected chi connectivity index (χ2v) is 9.08. The number of nitrogens with zero attached hydrogens (tertiary/aromatic N) is 2. The Bertz CT molecular complexity index is 1520. The fourth-order valence-electron chi connectivity index (χ4n) is 3.41. The highest BCUT2D eigenvalue weighted by Crippen LogP contribution is 2.25. The maximum absolute atomic E-state index is 12.2. The van der Waals surface area contributed by atoms with E-state index in [2.05, 4.69) is 36.5 Å². The van der Waals surface area contributed by atoms with E-state index in [0.717, 1.165) is 26.9 Å². The topological polar surface area (TPSA) is 93.2 Å². The molecule has 36 heavy (non-hydrogen) atoms. The minimum Gasteiger partial charge on any atom is -0.457 e. The van der Waals surface area contributed by atoms with Crippen molar-refractivity contribution in [3.05, 3.63) is 101 Å². The predicted octanol–water partition coefficient (Wildman–Crippen LogP) is 6.12. The number of nitrogens with one attached hydrogen (secondary N) is 2. The number of pyridine rings is 1. The number of halogens is 1. The zero-order chi connectivity index (χ0) is 24.9. The lowest BCUT2D eigenvalue weighted by molar-refractivity contribution is -0.115. The Labute approximate surface area is 220 Å². The number of hydrogen-bond acceptors (Lipinski definition) is 6. The predicted molar refractivity (Wildman–Crippen MR) is 146 cm³/mol. The molecule has 0 aliphatic heterocycles. The summed E-state index contributed by atoms with van der Waals surface area (Å²) in [5.41, 5.74) is 4.00. The number of amides is 1. The normalized spacial score (nSPS) is 11.1. The van der Waals surface area contributed by atoms with Crippen molar-refractivity contribution in [2.45, 2.75) is 6.54 Å². The van der Waals surface area contributed by atoms with Gasteiger partial charge in [-0.25, -0.2) is 4.98 Å². The highest BCUT2D eigenvalue weighted by Gasteiger charge is 2.09. The first-order valence-electron chi connectivity index (χ1n) is 11.0. The van der Waals surface area contributed by atoms with E-state index in [0.29, 0.717) is 29.4 Å². The third kappa shape index (κ3) is 5.76. The number of benzene rings is 2. The number of rotatable bonds is 6. The Balaban J connectivity index is 1.11. The molecule has 0 bridgehead atoms. The van der Waals surface area contributed by atoms with Crippen LogP contribution in [0.2, 0.25) is 0 Å². The van der Waals surface area contributed by atoms with Crippen LogP contribution in [0.3, 0.4) is 0 Å². The summed E-state index contributed by atoms with van der Waals surface area (Å²) in [6, 6.07) is 22.8. The summed E-state index contributed by atoms with van der Waals surface area (Å²) in [7, 11) is 0. The van der Waals surface area contributed by atoms with Crippen LogP contribution < -0.4 is 10.6 Å². The molecule has 0 radical (unpaired) electrons. The van der Waals surface area contributed by atoms with Crippen molar-refractivity contribution in [1.29, 1.82) is 0 Å². The maximum Gasteiger partial charge on any atom is 0.250 e. The van der Waals surface area contributed by atoms with Crippen LogP contribution in [0.1, 0.15) is 11.3 Å². The van der Waals surface area contributed by atoms with E-state index in [-0.39, 0.29) is 11.0 Å². The molecule has 3 heterocycles. The number of hydrogen-bond donors (Lipinski definition) is 2. The van der Waals surface area contributed by atoms with Gasteiger partial charge in [0, 0.05) is 34.4 Å². The molecule has 0 aliphatic rings. The molecule has 3 aromatic heterocycles. The molecule has 2 aromatic carbocycles. The van der Waals surface area contributed by atoms with E-state index >= 15 is 0 Å². The smallest absolute Gasteiger partial charge is 0.250 e. The van der Waals surface area contributed by atoms with E-state index in [1.54, 1.807) is 18.3 Å². The molecule has 178 valence electrons. The summed E-state index contributed by atoms with van der Waals surface area (Å²) in [5, 5.41) is 5.89. The third-order valence-corrected chi connectivity index (χ3v) is 5.99.